The Morgan fingerprint density at radius 2 is 1.68 bits per heavy atom. The molecule has 0 amide bonds. The van der Waals surface area contributed by atoms with Gasteiger partial charge in [0.15, 0.2) is 11.5 Å². The summed E-state index contributed by atoms with van der Waals surface area (Å²) in [5, 5.41) is 0. The standard InChI is InChI=1S/C28H32N2O3.ClH/c1-31-27-14-13-21(18-28(27)32-2)15-17-29-16-7-9-23(29)19-30-24-10-4-3-8-22(24)20-33-26-12-6-5-11-25(26)30;/h3-6,8,10-14,18,23H,7,9,15-17,19-20H2,1-2H3;1H/t23-;/m0./s1. The highest BCUT2D eigenvalue weighted by atomic mass is 35.5. The molecule has 0 bridgehead atoms. The van der Waals surface area contributed by atoms with Gasteiger partial charge >= 0.3 is 0 Å². The molecular weight excluding hydrogens is 448 g/mol. The lowest BCUT2D eigenvalue weighted by molar-refractivity contribution is 0.261. The van der Waals surface area contributed by atoms with Crippen molar-refractivity contribution in [2.75, 3.05) is 38.8 Å². The van der Waals surface area contributed by atoms with Gasteiger partial charge in [-0.05, 0) is 61.7 Å². The van der Waals surface area contributed by atoms with Gasteiger partial charge in [0.05, 0.1) is 19.9 Å². The van der Waals surface area contributed by atoms with E-state index >= 15 is 0 Å². The molecule has 34 heavy (non-hydrogen) atoms. The van der Waals surface area contributed by atoms with E-state index in [-0.39, 0.29) is 12.4 Å². The van der Waals surface area contributed by atoms with Crippen molar-refractivity contribution in [3.05, 3.63) is 77.9 Å². The van der Waals surface area contributed by atoms with Gasteiger partial charge in [-0.15, -0.1) is 12.4 Å². The molecule has 3 aromatic rings. The van der Waals surface area contributed by atoms with Crippen molar-refractivity contribution < 1.29 is 14.2 Å². The first-order chi connectivity index (χ1) is 16.3. The second kappa shape index (κ2) is 11.0. The van der Waals surface area contributed by atoms with E-state index in [0.29, 0.717) is 12.6 Å². The number of halogens is 1. The van der Waals surface area contributed by atoms with Gasteiger partial charge in [0.1, 0.15) is 12.4 Å². The molecule has 5 nitrogen and oxygen atoms in total. The van der Waals surface area contributed by atoms with Gasteiger partial charge in [-0.2, -0.15) is 0 Å². The maximum absolute atomic E-state index is 6.17. The summed E-state index contributed by atoms with van der Waals surface area (Å²) >= 11 is 0. The quantitative estimate of drug-likeness (QED) is 0.423. The normalized spacial score (nSPS) is 17.1. The molecule has 2 heterocycles. The average molecular weight is 481 g/mol. The van der Waals surface area contributed by atoms with E-state index in [1.165, 1.54) is 29.7 Å². The molecule has 1 atom stereocenters. The minimum absolute atomic E-state index is 0. The van der Waals surface area contributed by atoms with Crippen LogP contribution in [0.15, 0.2) is 66.7 Å². The monoisotopic (exact) mass is 480 g/mol. The van der Waals surface area contributed by atoms with Gasteiger partial charge in [-0.25, -0.2) is 0 Å². The molecule has 2 aliphatic rings. The van der Waals surface area contributed by atoms with Gasteiger partial charge in [0.25, 0.3) is 0 Å². The second-order valence-corrected chi connectivity index (χ2v) is 8.77. The van der Waals surface area contributed by atoms with Crippen LogP contribution < -0.4 is 19.1 Å². The van der Waals surface area contributed by atoms with Crippen LogP contribution in [0, 0.1) is 0 Å². The van der Waals surface area contributed by atoms with E-state index in [0.717, 1.165) is 49.0 Å². The first-order valence-electron chi connectivity index (χ1n) is 11.8. The van der Waals surface area contributed by atoms with E-state index in [1.54, 1.807) is 14.2 Å². The summed E-state index contributed by atoms with van der Waals surface area (Å²) in [7, 11) is 3.37. The molecule has 2 aliphatic heterocycles. The molecule has 0 N–H and O–H groups in total. The number of hydrogen-bond acceptors (Lipinski definition) is 5. The predicted molar refractivity (Wildman–Crippen MR) is 139 cm³/mol. The maximum Gasteiger partial charge on any atom is 0.160 e. The third-order valence-corrected chi connectivity index (χ3v) is 6.85. The Hall–Kier alpha value is -2.89. The van der Waals surface area contributed by atoms with Gasteiger partial charge < -0.3 is 19.1 Å². The molecule has 1 fully saturated rings. The summed E-state index contributed by atoms with van der Waals surface area (Å²) in [6.07, 6.45) is 3.45. The van der Waals surface area contributed by atoms with Crippen LogP contribution in [0.5, 0.6) is 17.2 Å². The number of methoxy groups -OCH3 is 2. The van der Waals surface area contributed by atoms with Crippen molar-refractivity contribution in [3.63, 3.8) is 0 Å². The summed E-state index contributed by atoms with van der Waals surface area (Å²) in [5.74, 6) is 2.54. The third kappa shape index (κ3) is 4.96. The van der Waals surface area contributed by atoms with Crippen molar-refractivity contribution in [3.8, 4) is 17.2 Å². The number of fused-ring (bicyclic) bond motifs is 2. The van der Waals surface area contributed by atoms with Crippen molar-refractivity contribution in [2.24, 2.45) is 0 Å². The zero-order valence-electron chi connectivity index (χ0n) is 19.9. The number of anilines is 2. The van der Waals surface area contributed by atoms with Gasteiger partial charge in [-0.3, -0.25) is 4.90 Å². The average Bonchev–Trinajstić information content (AvgIpc) is 3.25. The number of likely N-dealkylation sites (tertiary alicyclic amines) is 1. The van der Waals surface area contributed by atoms with Gasteiger partial charge in [-0.1, -0.05) is 36.4 Å². The molecule has 0 aliphatic carbocycles. The topological polar surface area (TPSA) is 34.2 Å². The molecule has 0 spiro atoms. The molecule has 180 valence electrons. The molecule has 0 saturated carbocycles. The van der Waals surface area contributed by atoms with E-state index in [4.69, 9.17) is 14.2 Å². The van der Waals surface area contributed by atoms with Crippen molar-refractivity contribution in [1.29, 1.82) is 0 Å². The first-order valence-corrected chi connectivity index (χ1v) is 11.8. The zero-order valence-corrected chi connectivity index (χ0v) is 20.7. The molecule has 3 aromatic carbocycles. The Kier molecular flexibility index (Phi) is 7.86. The fourth-order valence-corrected chi connectivity index (χ4v) is 5.10. The van der Waals surface area contributed by atoms with Crippen LogP contribution in [0.25, 0.3) is 0 Å². The van der Waals surface area contributed by atoms with E-state index in [9.17, 15) is 0 Å². The predicted octanol–water partition coefficient (Wildman–Crippen LogP) is 5.86. The fourth-order valence-electron chi connectivity index (χ4n) is 5.10. The zero-order chi connectivity index (χ0) is 22.6. The van der Waals surface area contributed by atoms with Crippen LogP contribution >= 0.6 is 12.4 Å². The molecule has 0 unspecified atom stereocenters. The summed E-state index contributed by atoms with van der Waals surface area (Å²) in [6.45, 7) is 3.75. The Morgan fingerprint density at radius 1 is 0.912 bits per heavy atom. The lowest BCUT2D eigenvalue weighted by Crippen LogP contribution is -2.39. The van der Waals surface area contributed by atoms with E-state index in [1.807, 2.05) is 6.07 Å². The van der Waals surface area contributed by atoms with E-state index in [2.05, 4.69) is 70.5 Å². The smallest absolute Gasteiger partial charge is 0.160 e. The highest BCUT2D eigenvalue weighted by Gasteiger charge is 2.29. The molecule has 1 saturated heterocycles. The van der Waals surface area contributed by atoms with Gasteiger partial charge in [0.2, 0.25) is 0 Å². The number of para-hydroxylation sites is 3. The fraction of sp³-hybridized carbons (Fsp3) is 0.357. The number of ether oxygens (including phenoxy) is 3. The van der Waals surface area contributed by atoms with Crippen LogP contribution in [0.2, 0.25) is 0 Å². The van der Waals surface area contributed by atoms with Crippen LogP contribution in [0.4, 0.5) is 11.4 Å². The van der Waals surface area contributed by atoms with Crippen LogP contribution in [-0.2, 0) is 13.0 Å². The molecule has 0 aromatic heterocycles. The molecule has 5 rings (SSSR count). The number of rotatable bonds is 7. The molecular formula is C28H33ClN2O3. The summed E-state index contributed by atoms with van der Waals surface area (Å²) in [6, 6.07) is 23.8. The largest absolute Gasteiger partial charge is 0.493 e. The second-order valence-electron chi connectivity index (χ2n) is 8.77. The maximum atomic E-state index is 6.17. The third-order valence-electron chi connectivity index (χ3n) is 6.85. The molecule has 0 radical (unpaired) electrons. The van der Waals surface area contributed by atoms with Crippen LogP contribution in [0.3, 0.4) is 0 Å². The van der Waals surface area contributed by atoms with E-state index < -0.39 is 0 Å². The number of hydrogen-bond donors (Lipinski definition) is 0. The Labute approximate surface area is 208 Å². The minimum Gasteiger partial charge on any atom is -0.493 e. The lowest BCUT2D eigenvalue weighted by Gasteiger charge is -2.32. The first kappa shape index (κ1) is 24.2. The highest BCUT2D eigenvalue weighted by Crippen LogP contribution is 2.40. The SMILES string of the molecule is COc1ccc(CCN2CCC[C@H]2CN2c3ccccc3COc3ccccc32)cc1OC.Cl. The lowest BCUT2D eigenvalue weighted by atomic mass is 10.1. The van der Waals surface area contributed by atoms with Gasteiger partial charge in [0, 0.05) is 30.4 Å². The Bertz CT molecular complexity index is 1060. The molecule has 6 heteroatoms. The van der Waals surface area contributed by atoms with Crippen molar-refractivity contribution in [1.82, 2.24) is 4.90 Å². The highest BCUT2D eigenvalue weighted by molar-refractivity contribution is 5.85. The number of benzene rings is 3. The Balaban J connectivity index is 0.00000274. The minimum atomic E-state index is 0. The van der Waals surface area contributed by atoms with Crippen molar-refractivity contribution >= 4 is 23.8 Å². The Morgan fingerprint density at radius 3 is 2.50 bits per heavy atom. The van der Waals surface area contributed by atoms with Crippen molar-refractivity contribution in [2.45, 2.75) is 31.9 Å². The number of nitrogens with zero attached hydrogens (tertiary/aromatic N) is 2. The summed E-state index contributed by atoms with van der Waals surface area (Å²) in [4.78, 5) is 5.12. The summed E-state index contributed by atoms with van der Waals surface area (Å²) < 4.78 is 17.0. The van der Waals surface area contributed by atoms with Crippen LogP contribution in [0.1, 0.15) is 24.0 Å². The van der Waals surface area contributed by atoms with Crippen LogP contribution in [-0.4, -0.2) is 44.8 Å². The summed E-state index contributed by atoms with van der Waals surface area (Å²) in [5.41, 5.74) is 4.93.